The molecule has 0 saturated carbocycles. The fraction of sp³-hybridized carbons (Fsp3) is 0.348. The summed E-state index contributed by atoms with van der Waals surface area (Å²) in [6.07, 6.45) is -1.11. The van der Waals surface area contributed by atoms with Gasteiger partial charge in [0.1, 0.15) is 12.3 Å². The lowest BCUT2D eigenvalue weighted by Crippen LogP contribution is -2.48. The van der Waals surface area contributed by atoms with Crippen LogP contribution in [0.3, 0.4) is 0 Å². The maximum Gasteiger partial charge on any atom is 0.266 e. The van der Waals surface area contributed by atoms with Gasteiger partial charge >= 0.3 is 0 Å². The fourth-order valence-electron chi connectivity index (χ4n) is 3.21. The molecule has 0 bridgehead atoms. The number of Topliss-reactive ketones (excluding diaryl/α,β-unsaturated/α-hetero) is 1. The van der Waals surface area contributed by atoms with Crippen LogP contribution in [0.5, 0.6) is 0 Å². The number of rotatable bonds is 12. The molecule has 2 aromatic carbocycles. The summed E-state index contributed by atoms with van der Waals surface area (Å²) in [5, 5.41) is 2.57. The summed E-state index contributed by atoms with van der Waals surface area (Å²) in [7, 11) is -2.34. The number of sulfone groups is 1. The number of ether oxygens (including phenoxy) is 2. The highest BCUT2D eigenvalue weighted by molar-refractivity contribution is 7.90. The average molecular weight is 475 g/mol. The van der Waals surface area contributed by atoms with E-state index >= 15 is 0 Å². The van der Waals surface area contributed by atoms with Gasteiger partial charge < -0.3 is 19.2 Å². The molecule has 9 nitrogen and oxygen atoms in total. The SMILES string of the molecule is CCC(NC(=O)[C@H](CS(=O)(=O)Cc1ccccc1)OCOC)C(=O)c1nc2ccccc2o1. The predicted octanol–water partition coefficient (Wildman–Crippen LogP) is 2.51. The van der Waals surface area contributed by atoms with Gasteiger partial charge in [-0.05, 0) is 24.1 Å². The Bertz CT molecular complexity index is 1160. The molecule has 0 spiro atoms. The van der Waals surface area contributed by atoms with Crippen LogP contribution in [0.15, 0.2) is 59.0 Å². The van der Waals surface area contributed by atoms with Crippen molar-refractivity contribution in [3.05, 3.63) is 66.1 Å². The smallest absolute Gasteiger partial charge is 0.266 e. The zero-order valence-electron chi connectivity index (χ0n) is 18.4. The molecule has 1 heterocycles. The van der Waals surface area contributed by atoms with Gasteiger partial charge in [-0.15, -0.1) is 0 Å². The molecule has 1 amide bonds. The first-order valence-electron chi connectivity index (χ1n) is 10.4. The van der Waals surface area contributed by atoms with Crippen LogP contribution in [-0.2, 0) is 29.9 Å². The van der Waals surface area contributed by atoms with Gasteiger partial charge in [0.25, 0.3) is 11.8 Å². The van der Waals surface area contributed by atoms with Crippen LogP contribution in [-0.4, -0.2) is 56.9 Å². The van der Waals surface area contributed by atoms with Gasteiger partial charge in [0.15, 0.2) is 21.5 Å². The largest absolute Gasteiger partial charge is 0.434 e. The van der Waals surface area contributed by atoms with Crippen LogP contribution in [0.25, 0.3) is 11.1 Å². The number of para-hydroxylation sites is 2. The van der Waals surface area contributed by atoms with Crippen molar-refractivity contribution >= 4 is 32.6 Å². The first kappa shape index (κ1) is 24.6. The van der Waals surface area contributed by atoms with E-state index < -0.39 is 39.4 Å². The Hall–Kier alpha value is -3.08. The molecular formula is C23H26N2O7S. The molecule has 1 aromatic heterocycles. The van der Waals surface area contributed by atoms with Crippen LogP contribution < -0.4 is 5.32 Å². The van der Waals surface area contributed by atoms with Gasteiger partial charge in [-0.25, -0.2) is 13.4 Å². The van der Waals surface area contributed by atoms with Gasteiger partial charge in [-0.2, -0.15) is 0 Å². The first-order valence-corrected chi connectivity index (χ1v) is 12.2. The third kappa shape index (κ3) is 6.70. The number of ketones is 1. The molecule has 176 valence electrons. The Morgan fingerprint density at radius 3 is 2.45 bits per heavy atom. The first-order chi connectivity index (χ1) is 15.8. The van der Waals surface area contributed by atoms with Crippen LogP contribution in [0, 0.1) is 0 Å². The molecule has 1 N–H and O–H groups in total. The Morgan fingerprint density at radius 1 is 1.09 bits per heavy atom. The molecule has 0 aliphatic carbocycles. The summed E-state index contributed by atoms with van der Waals surface area (Å²) in [6.45, 7) is 1.43. The molecule has 0 saturated heterocycles. The lowest BCUT2D eigenvalue weighted by molar-refractivity contribution is -0.140. The number of hydrogen-bond donors (Lipinski definition) is 1. The Kier molecular flexibility index (Phi) is 8.32. The number of hydrogen-bond acceptors (Lipinski definition) is 8. The minimum atomic E-state index is -3.70. The Labute approximate surface area is 192 Å². The predicted molar refractivity (Wildman–Crippen MR) is 121 cm³/mol. The maximum absolute atomic E-state index is 12.9. The summed E-state index contributed by atoms with van der Waals surface area (Å²) in [5.74, 6) is -2.19. The number of oxazole rings is 1. The van der Waals surface area contributed by atoms with E-state index in [4.69, 9.17) is 13.9 Å². The number of carbonyl (C=O) groups is 2. The molecule has 0 fully saturated rings. The zero-order chi connectivity index (χ0) is 23.8. The number of carbonyl (C=O) groups excluding carboxylic acids is 2. The average Bonchev–Trinajstić information content (AvgIpc) is 3.24. The second-order valence-corrected chi connectivity index (χ2v) is 9.53. The second kappa shape index (κ2) is 11.2. The van der Waals surface area contributed by atoms with Crippen molar-refractivity contribution < 1.29 is 31.9 Å². The molecule has 0 aliphatic rings. The van der Waals surface area contributed by atoms with Crippen LogP contribution >= 0.6 is 0 Å². The summed E-state index contributed by atoms with van der Waals surface area (Å²) in [4.78, 5) is 30.0. The Balaban J connectivity index is 1.72. The number of benzene rings is 2. The number of nitrogens with one attached hydrogen (secondary N) is 1. The van der Waals surface area contributed by atoms with Gasteiger partial charge in [0.05, 0.1) is 17.5 Å². The van der Waals surface area contributed by atoms with E-state index in [1.807, 2.05) is 0 Å². The topological polar surface area (TPSA) is 125 Å². The highest BCUT2D eigenvalue weighted by Gasteiger charge is 2.31. The summed E-state index contributed by atoms with van der Waals surface area (Å²) >= 11 is 0. The van der Waals surface area contributed by atoms with E-state index in [0.717, 1.165) is 0 Å². The number of amides is 1. The van der Waals surface area contributed by atoms with Crippen molar-refractivity contribution in [1.29, 1.82) is 0 Å². The molecule has 3 aromatic rings. The lowest BCUT2D eigenvalue weighted by Gasteiger charge is -2.20. The third-order valence-corrected chi connectivity index (χ3v) is 6.44. The van der Waals surface area contributed by atoms with Crippen molar-refractivity contribution in [2.75, 3.05) is 19.7 Å². The highest BCUT2D eigenvalue weighted by Crippen LogP contribution is 2.17. The van der Waals surface area contributed by atoms with Crippen molar-refractivity contribution in [3.8, 4) is 0 Å². The molecule has 0 aliphatic heterocycles. The van der Waals surface area contributed by atoms with Crippen LogP contribution in [0.4, 0.5) is 0 Å². The molecule has 3 rings (SSSR count). The minimum absolute atomic E-state index is 0.130. The van der Waals surface area contributed by atoms with E-state index in [9.17, 15) is 18.0 Å². The normalized spacial score (nSPS) is 13.5. The van der Waals surface area contributed by atoms with E-state index in [1.54, 1.807) is 61.5 Å². The van der Waals surface area contributed by atoms with Crippen molar-refractivity contribution in [3.63, 3.8) is 0 Å². The number of methoxy groups -OCH3 is 1. The molecule has 1 unspecified atom stereocenters. The summed E-state index contributed by atoms with van der Waals surface area (Å²) in [5.41, 5.74) is 1.58. The molecule has 0 radical (unpaired) electrons. The summed E-state index contributed by atoms with van der Waals surface area (Å²) in [6, 6.07) is 14.6. The molecular weight excluding hydrogens is 448 g/mol. The van der Waals surface area contributed by atoms with Gasteiger partial charge in [0, 0.05) is 7.11 Å². The Morgan fingerprint density at radius 2 is 1.79 bits per heavy atom. The standard InChI is InChI=1S/C23H26N2O7S/c1-3-17(21(26)23-25-18-11-7-8-12-19(18)32-23)24-22(27)20(31-15-30-2)14-33(28,29)13-16-9-5-4-6-10-16/h4-12,17,20H,3,13-15H2,1-2H3,(H,24,27)/t17?,20-/m0/s1. The van der Waals surface area contributed by atoms with Crippen molar-refractivity contribution in [2.24, 2.45) is 0 Å². The number of fused-ring (bicyclic) bond motifs is 1. The number of aromatic nitrogens is 1. The van der Waals surface area contributed by atoms with E-state index in [0.29, 0.717) is 16.7 Å². The monoisotopic (exact) mass is 474 g/mol. The van der Waals surface area contributed by atoms with Gasteiger partial charge in [-0.3, -0.25) is 9.59 Å². The van der Waals surface area contributed by atoms with Crippen LogP contribution in [0.1, 0.15) is 29.6 Å². The van der Waals surface area contributed by atoms with E-state index in [1.165, 1.54) is 7.11 Å². The summed E-state index contributed by atoms with van der Waals surface area (Å²) < 4.78 is 41.1. The third-order valence-electron chi connectivity index (χ3n) is 4.86. The second-order valence-electron chi connectivity index (χ2n) is 7.42. The quantitative estimate of drug-likeness (QED) is 0.314. The number of nitrogens with zero attached hydrogens (tertiary/aromatic N) is 1. The zero-order valence-corrected chi connectivity index (χ0v) is 19.2. The minimum Gasteiger partial charge on any atom is -0.434 e. The lowest BCUT2D eigenvalue weighted by atomic mass is 10.1. The molecule has 2 atom stereocenters. The van der Waals surface area contributed by atoms with E-state index in [2.05, 4.69) is 10.3 Å². The van der Waals surface area contributed by atoms with Crippen molar-refractivity contribution in [1.82, 2.24) is 10.3 Å². The van der Waals surface area contributed by atoms with E-state index in [-0.39, 0.29) is 24.9 Å². The van der Waals surface area contributed by atoms with Gasteiger partial charge in [-0.1, -0.05) is 49.4 Å². The molecule has 10 heteroatoms. The maximum atomic E-state index is 12.9. The van der Waals surface area contributed by atoms with Crippen LogP contribution in [0.2, 0.25) is 0 Å². The van der Waals surface area contributed by atoms with Gasteiger partial charge in [0.2, 0.25) is 5.78 Å². The van der Waals surface area contributed by atoms with Crippen molar-refractivity contribution in [2.45, 2.75) is 31.2 Å². The fourth-order valence-corrected chi connectivity index (χ4v) is 4.74. The molecule has 33 heavy (non-hydrogen) atoms. The highest BCUT2D eigenvalue weighted by atomic mass is 32.2.